The number of benzene rings is 1. The van der Waals surface area contributed by atoms with E-state index in [1.54, 1.807) is 12.1 Å². The van der Waals surface area contributed by atoms with Crippen LogP contribution in [0, 0.1) is 6.92 Å². The maximum absolute atomic E-state index is 10.5. The van der Waals surface area contributed by atoms with Crippen molar-refractivity contribution in [1.29, 1.82) is 0 Å². The molecule has 0 radical (unpaired) electrons. The second kappa shape index (κ2) is 7.68. The molecule has 2 aromatic rings. The second-order valence-electron chi connectivity index (χ2n) is 3.17. The van der Waals surface area contributed by atoms with E-state index in [-0.39, 0.29) is 34.5 Å². The zero-order valence-corrected chi connectivity index (χ0v) is 9.61. The van der Waals surface area contributed by atoms with Crippen molar-refractivity contribution in [3.05, 3.63) is 54.4 Å². The number of aromatic nitrogens is 1. The molecule has 4 nitrogen and oxygen atoms in total. The Hall–Kier alpha value is -0.590. The Morgan fingerprint density at radius 1 is 1.06 bits per heavy atom. The van der Waals surface area contributed by atoms with Crippen molar-refractivity contribution < 1.29 is 13.0 Å². The Kier molecular flexibility index (Phi) is 7.41. The molecule has 0 atom stereocenters. The van der Waals surface area contributed by atoms with Crippen molar-refractivity contribution in [3.8, 4) is 0 Å². The van der Waals surface area contributed by atoms with E-state index < -0.39 is 10.1 Å². The minimum atomic E-state index is -4.02. The fourth-order valence-corrected chi connectivity index (χ4v) is 1.47. The van der Waals surface area contributed by atoms with E-state index in [9.17, 15) is 8.42 Å². The maximum atomic E-state index is 10.5. The second-order valence-corrected chi connectivity index (χ2v) is 4.59. The van der Waals surface area contributed by atoms with Gasteiger partial charge in [0.25, 0.3) is 10.1 Å². The third kappa shape index (κ3) is 6.65. The van der Waals surface area contributed by atoms with Crippen LogP contribution in [0.1, 0.15) is 5.56 Å². The first-order chi connectivity index (χ1) is 7.50. The van der Waals surface area contributed by atoms with Crippen LogP contribution in [0.25, 0.3) is 0 Å². The molecule has 2 rings (SSSR count). The molecule has 0 unspecified atom stereocenters. The molecule has 1 aromatic heterocycles. The average Bonchev–Trinajstić information content (AvgIpc) is 2.74. The third-order valence-corrected chi connectivity index (χ3v) is 2.68. The molecular formula is C11H14NNaO3S. The van der Waals surface area contributed by atoms with Gasteiger partial charge in [-0.2, -0.15) is 8.42 Å². The van der Waals surface area contributed by atoms with Gasteiger partial charge in [0.2, 0.25) is 0 Å². The average molecular weight is 263 g/mol. The Morgan fingerprint density at radius 2 is 1.53 bits per heavy atom. The summed E-state index contributed by atoms with van der Waals surface area (Å²) >= 11 is 0. The summed E-state index contributed by atoms with van der Waals surface area (Å²) in [6.45, 7) is 1.84. The van der Waals surface area contributed by atoms with E-state index in [0.29, 0.717) is 0 Å². The fourth-order valence-electron chi connectivity index (χ4n) is 0.988. The molecule has 0 saturated carbocycles. The van der Waals surface area contributed by atoms with Crippen molar-refractivity contribution in [1.82, 2.24) is 4.98 Å². The van der Waals surface area contributed by atoms with E-state index in [2.05, 4.69) is 4.98 Å². The van der Waals surface area contributed by atoms with Crippen molar-refractivity contribution in [3.63, 3.8) is 0 Å². The first kappa shape index (κ1) is 16.4. The van der Waals surface area contributed by atoms with Gasteiger partial charge in [0.1, 0.15) is 0 Å². The van der Waals surface area contributed by atoms with Crippen LogP contribution in [0.2, 0.25) is 0 Å². The number of rotatable bonds is 1. The predicted octanol–water partition coefficient (Wildman–Crippen LogP) is 1.61. The SMILES string of the molecule is Cc1ccc(S(=O)(=O)O)cc1.[NaH].c1cc[nH]c1. The van der Waals surface area contributed by atoms with E-state index in [1.165, 1.54) is 12.1 Å². The van der Waals surface area contributed by atoms with Crippen molar-refractivity contribution >= 4 is 39.7 Å². The molecule has 0 aliphatic carbocycles. The van der Waals surface area contributed by atoms with Gasteiger partial charge in [-0.1, -0.05) is 17.7 Å². The van der Waals surface area contributed by atoms with Gasteiger partial charge in [-0.3, -0.25) is 4.55 Å². The Labute approximate surface area is 123 Å². The molecule has 88 valence electrons. The molecule has 1 heterocycles. The third-order valence-electron chi connectivity index (χ3n) is 1.81. The number of aromatic amines is 1. The summed E-state index contributed by atoms with van der Waals surface area (Å²) in [7, 11) is -4.02. The summed E-state index contributed by atoms with van der Waals surface area (Å²) in [5.41, 5.74) is 0.956. The van der Waals surface area contributed by atoms with Crippen LogP contribution in [-0.2, 0) is 10.1 Å². The van der Waals surface area contributed by atoms with Gasteiger partial charge in [0.05, 0.1) is 4.90 Å². The number of H-pyrrole nitrogens is 1. The Bertz CT molecular complexity index is 489. The molecule has 0 aliphatic rings. The molecule has 17 heavy (non-hydrogen) atoms. The Morgan fingerprint density at radius 3 is 1.82 bits per heavy atom. The normalized spacial score (nSPS) is 9.76. The molecule has 1 aromatic carbocycles. The summed E-state index contributed by atoms with van der Waals surface area (Å²) in [4.78, 5) is 2.79. The number of hydrogen-bond acceptors (Lipinski definition) is 2. The van der Waals surface area contributed by atoms with Gasteiger partial charge in [-0.25, -0.2) is 0 Å². The van der Waals surface area contributed by atoms with Gasteiger partial charge >= 0.3 is 29.6 Å². The largest absolute Gasteiger partial charge is 0.368 e. The van der Waals surface area contributed by atoms with Crippen LogP contribution in [0.4, 0.5) is 0 Å². The predicted molar refractivity (Wildman–Crippen MR) is 68.9 cm³/mol. The smallest absolute Gasteiger partial charge is 0.000496 e. The topological polar surface area (TPSA) is 70.2 Å². The van der Waals surface area contributed by atoms with E-state index in [0.717, 1.165) is 5.56 Å². The van der Waals surface area contributed by atoms with Crippen molar-refractivity contribution in [2.45, 2.75) is 11.8 Å². The molecule has 0 aliphatic heterocycles. The van der Waals surface area contributed by atoms with Crippen LogP contribution in [0.15, 0.2) is 53.7 Å². The molecule has 2 N–H and O–H groups in total. The standard InChI is InChI=1S/C7H8O3S.C4H5N.Na.H/c1-6-2-4-7(5-3-6)11(8,9)10;1-2-4-5-3-1;;/h2-5H,1H3,(H,8,9,10);1-5H;;. The first-order valence-electron chi connectivity index (χ1n) is 4.62. The van der Waals surface area contributed by atoms with E-state index in [1.807, 2.05) is 31.5 Å². The fraction of sp³-hybridized carbons (Fsp3) is 0.0909. The molecular weight excluding hydrogens is 249 g/mol. The zero-order valence-electron chi connectivity index (χ0n) is 8.79. The summed E-state index contributed by atoms with van der Waals surface area (Å²) in [6, 6.07) is 9.88. The zero-order chi connectivity index (χ0) is 12.0. The van der Waals surface area contributed by atoms with Gasteiger partial charge < -0.3 is 4.98 Å². The van der Waals surface area contributed by atoms with Gasteiger partial charge in [0, 0.05) is 12.4 Å². The summed E-state index contributed by atoms with van der Waals surface area (Å²) < 4.78 is 29.6. The summed E-state index contributed by atoms with van der Waals surface area (Å²) in [6.07, 6.45) is 3.75. The van der Waals surface area contributed by atoms with Crippen molar-refractivity contribution in [2.24, 2.45) is 0 Å². The van der Waals surface area contributed by atoms with Crippen LogP contribution < -0.4 is 0 Å². The van der Waals surface area contributed by atoms with Gasteiger partial charge in [-0.05, 0) is 31.2 Å². The monoisotopic (exact) mass is 263 g/mol. The van der Waals surface area contributed by atoms with Crippen molar-refractivity contribution in [2.75, 3.05) is 0 Å². The number of nitrogens with one attached hydrogen (secondary N) is 1. The maximum Gasteiger partial charge on any atom is 0.000496 e. The quantitative estimate of drug-likeness (QED) is 0.606. The van der Waals surface area contributed by atoms with Gasteiger partial charge in [0.15, 0.2) is 0 Å². The van der Waals surface area contributed by atoms with E-state index >= 15 is 0 Å². The minimum absolute atomic E-state index is 0. The number of aryl methyl sites for hydroxylation is 1. The first-order valence-corrected chi connectivity index (χ1v) is 6.06. The molecule has 0 fully saturated rings. The summed E-state index contributed by atoms with van der Waals surface area (Å²) in [5.74, 6) is 0. The van der Waals surface area contributed by atoms with E-state index in [4.69, 9.17) is 4.55 Å². The van der Waals surface area contributed by atoms with Crippen LogP contribution >= 0.6 is 0 Å². The van der Waals surface area contributed by atoms with Crippen LogP contribution in [0.5, 0.6) is 0 Å². The molecule has 6 heteroatoms. The Balaban J connectivity index is 0.000000360. The molecule has 0 saturated heterocycles. The summed E-state index contributed by atoms with van der Waals surface area (Å²) in [5, 5.41) is 0. The number of hydrogen-bond donors (Lipinski definition) is 2. The molecule has 0 bridgehead atoms. The van der Waals surface area contributed by atoms with Crippen LogP contribution in [-0.4, -0.2) is 47.5 Å². The van der Waals surface area contributed by atoms with Crippen LogP contribution in [0.3, 0.4) is 0 Å². The minimum Gasteiger partial charge on any atom is -0.368 e. The van der Waals surface area contributed by atoms with Gasteiger partial charge in [-0.15, -0.1) is 0 Å². The molecule has 0 amide bonds. The molecule has 0 spiro atoms.